The first kappa shape index (κ1) is 25.1. The highest BCUT2D eigenvalue weighted by Gasteiger charge is 2.61. The molecule has 0 amide bonds. The summed E-state index contributed by atoms with van der Waals surface area (Å²) >= 11 is 0. The van der Waals surface area contributed by atoms with Gasteiger partial charge in [-0.25, -0.2) is 0 Å². The van der Waals surface area contributed by atoms with Crippen molar-refractivity contribution in [2.24, 2.45) is 70.0 Å². The van der Waals surface area contributed by atoms with Crippen molar-refractivity contribution in [3.63, 3.8) is 0 Å². The van der Waals surface area contributed by atoms with Crippen LogP contribution in [0, 0.1) is 70.0 Å². The monoisotopic (exact) mass is 444 g/mol. The minimum absolute atomic E-state index is 0.0463. The van der Waals surface area contributed by atoms with Crippen LogP contribution in [0.4, 0.5) is 0 Å². The highest BCUT2D eigenvalue weighted by molar-refractivity contribution is 5.10. The van der Waals surface area contributed by atoms with Gasteiger partial charge in [-0.05, 0) is 128 Å². The van der Waals surface area contributed by atoms with Crippen LogP contribution in [0.5, 0.6) is 0 Å². The van der Waals surface area contributed by atoms with Crippen LogP contribution >= 0.6 is 0 Å². The molecule has 4 aliphatic carbocycles. The van der Waals surface area contributed by atoms with Gasteiger partial charge in [0.2, 0.25) is 0 Å². The lowest BCUT2D eigenvalue weighted by Crippen LogP contribution is -2.56. The van der Waals surface area contributed by atoms with Gasteiger partial charge in [0.25, 0.3) is 0 Å². The molecule has 1 nitrogen and oxygen atoms in total. The van der Waals surface area contributed by atoms with Crippen LogP contribution in [0.15, 0.2) is 0 Å². The Morgan fingerprint density at radius 2 is 1.44 bits per heavy atom. The maximum atomic E-state index is 10.6. The number of fused-ring (bicyclic) bond motifs is 5. The Morgan fingerprint density at radius 1 is 0.812 bits per heavy atom. The number of aliphatic hydroxyl groups excluding tert-OH is 1. The van der Waals surface area contributed by atoms with Crippen molar-refractivity contribution in [3.8, 4) is 0 Å². The first-order valence-corrected chi connectivity index (χ1v) is 14.7. The van der Waals surface area contributed by atoms with E-state index < -0.39 is 0 Å². The molecule has 32 heavy (non-hydrogen) atoms. The van der Waals surface area contributed by atoms with E-state index in [0.717, 1.165) is 59.7 Å². The second kappa shape index (κ2) is 9.20. The van der Waals surface area contributed by atoms with Crippen molar-refractivity contribution in [1.82, 2.24) is 0 Å². The van der Waals surface area contributed by atoms with Crippen LogP contribution in [0.25, 0.3) is 0 Å². The normalized spacial score (nSPS) is 49.1. The zero-order valence-electron chi connectivity index (χ0n) is 22.9. The molecule has 0 aliphatic heterocycles. The molecule has 186 valence electrons. The lowest BCUT2D eigenvalue weighted by atomic mass is 9.43. The second-order valence-electron chi connectivity index (χ2n) is 14.3. The third-order valence-corrected chi connectivity index (χ3v) is 12.7. The third kappa shape index (κ3) is 3.93. The standard InChI is InChI=1S/C31H56O/c1-9-23(19(2)3)20(4)18-21(5)25-12-13-27-24-10-11-26-22(6)29(32)15-17-31(26,8)28(24)14-16-30(25,27)7/h19-29,32H,9-18H2,1-8H3/t20?,21-,22+,23+,24?,25?,26?,27?,28?,29+,30-,31+/m1/s1. The van der Waals surface area contributed by atoms with Crippen molar-refractivity contribution >= 4 is 0 Å². The van der Waals surface area contributed by atoms with E-state index in [-0.39, 0.29) is 6.10 Å². The van der Waals surface area contributed by atoms with E-state index >= 15 is 0 Å². The van der Waals surface area contributed by atoms with Gasteiger partial charge in [0.05, 0.1) is 6.10 Å². The number of rotatable bonds is 6. The van der Waals surface area contributed by atoms with Gasteiger partial charge in [-0.3, -0.25) is 0 Å². The van der Waals surface area contributed by atoms with Crippen molar-refractivity contribution in [3.05, 3.63) is 0 Å². The van der Waals surface area contributed by atoms with E-state index in [2.05, 4.69) is 55.4 Å². The molecule has 12 atom stereocenters. The molecule has 0 spiro atoms. The Balaban J connectivity index is 1.48. The number of hydrogen-bond donors (Lipinski definition) is 1. The van der Waals surface area contributed by atoms with E-state index in [0.29, 0.717) is 16.7 Å². The van der Waals surface area contributed by atoms with Crippen LogP contribution in [-0.4, -0.2) is 11.2 Å². The van der Waals surface area contributed by atoms with E-state index in [1.807, 2.05) is 0 Å². The maximum absolute atomic E-state index is 10.6. The predicted octanol–water partition coefficient (Wildman–Crippen LogP) is 8.60. The summed E-state index contributed by atoms with van der Waals surface area (Å²) in [7, 11) is 0. The summed E-state index contributed by atoms with van der Waals surface area (Å²) in [5.41, 5.74) is 1.08. The zero-order valence-corrected chi connectivity index (χ0v) is 22.9. The summed E-state index contributed by atoms with van der Waals surface area (Å²) in [5.74, 6) is 8.51. The maximum Gasteiger partial charge on any atom is 0.0568 e. The summed E-state index contributed by atoms with van der Waals surface area (Å²) < 4.78 is 0. The fourth-order valence-electron chi connectivity index (χ4n) is 11.1. The summed E-state index contributed by atoms with van der Waals surface area (Å²) in [5, 5.41) is 10.6. The van der Waals surface area contributed by atoms with E-state index in [9.17, 15) is 5.11 Å². The van der Waals surface area contributed by atoms with Crippen molar-refractivity contribution in [2.45, 2.75) is 126 Å². The smallest absolute Gasteiger partial charge is 0.0568 e. The molecule has 0 saturated heterocycles. The van der Waals surface area contributed by atoms with Gasteiger partial charge in [0, 0.05) is 0 Å². The molecule has 0 heterocycles. The summed E-state index contributed by atoms with van der Waals surface area (Å²) in [6.07, 6.45) is 13.8. The average molecular weight is 445 g/mol. The lowest BCUT2D eigenvalue weighted by molar-refractivity contribution is -0.149. The Labute approximate surface area is 200 Å². The van der Waals surface area contributed by atoms with Crippen LogP contribution in [0.1, 0.15) is 120 Å². The topological polar surface area (TPSA) is 20.2 Å². The average Bonchev–Trinajstić information content (AvgIpc) is 3.08. The molecule has 4 aliphatic rings. The number of aliphatic hydroxyl groups is 1. The highest BCUT2D eigenvalue weighted by atomic mass is 16.3. The third-order valence-electron chi connectivity index (χ3n) is 12.7. The summed E-state index contributed by atoms with van der Waals surface area (Å²) in [4.78, 5) is 0. The van der Waals surface area contributed by atoms with Gasteiger partial charge < -0.3 is 5.11 Å². The van der Waals surface area contributed by atoms with Gasteiger partial charge in [-0.15, -0.1) is 0 Å². The first-order valence-electron chi connectivity index (χ1n) is 14.7. The van der Waals surface area contributed by atoms with Crippen molar-refractivity contribution < 1.29 is 5.11 Å². The largest absolute Gasteiger partial charge is 0.393 e. The quantitative estimate of drug-likeness (QED) is 0.435. The summed E-state index contributed by atoms with van der Waals surface area (Å²) in [6, 6.07) is 0. The van der Waals surface area contributed by atoms with Gasteiger partial charge in [0.15, 0.2) is 0 Å². The molecule has 0 aromatic carbocycles. The molecule has 6 unspecified atom stereocenters. The molecule has 1 N–H and O–H groups in total. The molecule has 0 aromatic heterocycles. The second-order valence-corrected chi connectivity index (χ2v) is 14.3. The van der Waals surface area contributed by atoms with Crippen LogP contribution < -0.4 is 0 Å². The number of hydrogen-bond acceptors (Lipinski definition) is 1. The van der Waals surface area contributed by atoms with Gasteiger partial charge in [0.1, 0.15) is 0 Å². The first-order chi connectivity index (χ1) is 15.0. The van der Waals surface area contributed by atoms with Gasteiger partial charge in [-0.2, -0.15) is 0 Å². The fourth-order valence-corrected chi connectivity index (χ4v) is 11.1. The predicted molar refractivity (Wildman–Crippen MR) is 137 cm³/mol. The molecule has 0 aromatic rings. The zero-order chi connectivity index (χ0) is 23.4. The highest BCUT2D eigenvalue weighted by Crippen LogP contribution is 2.69. The Morgan fingerprint density at radius 3 is 2.09 bits per heavy atom. The van der Waals surface area contributed by atoms with Crippen LogP contribution in [-0.2, 0) is 0 Å². The molecule has 1 heteroatoms. The SMILES string of the molecule is CC[C@@H](C(C)C)C(C)C[C@@H](C)C1CCC2C3CCC4[C@H](C)[C@@H](O)CC[C@]4(C)C3CC[C@@]21C. The Kier molecular flexibility index (Phi) is 7.21. The molecular weight excluding hydrogens is 388 g/mol. The van der Waals surface area contributed by atoms with Crippen LogP contribution in [0.2, 0.25) is 0 Å². The summed E-state index contributed by atoms with van der Waals surface area (Å²) in [6.45, 7) is 20.2. The van der Waals surface area contributed by atoms with E-state index in [1.165, 1.54) is 57.8 Å². The van der Waals surface area contributed by atoms with Crippen molar-refractivity contribution in [2.75, 3.05) is 0 Å². The Hall–Kier alpha value is -0.0400. The van der Waals surface area contributed by atoms with E-state index in [4.69, 9.17) is 0 Å². The van der Waals surface area contributed by atoms with Gasteiger partial charge >= 0.3 is 0 Å². The van der Waals surface area contributed by atoms with Gasteiger partial charge in [-0.1, -0.05) is 61.8 Å². The molecule has 0 radical (unpaired) electrons. The molecule has 4 fully saturated rings. The molecular formula is C31H56O. The Bertz CT molecular complexity index is 640. The minimum atomic E-state index is -0.0463. The minimum Gasteiger partial charge on any atom is -0.393 e. The molecule has 4 rings (SSSR count). The van der Waals surface area contributed by atoms with Crippen molar-refractivity contribution in [1.29, 1.82) is 0 Å². The molecule has 4 saturated carbocycles. The molecule has 0 bridgehead atoms. The van der Waals surface area contributed by atoms with E-state index in [1.54, 1.807) is 0 Å². The lowest BCUT2D eigenvalue weighted by Gasteiger charge is -2.62. The van der Waals surface area contributed by atoms with Crippen LogP contribution in [0.3, 0.4) is 0 Å². The fraction of sp³-hybridized carbons (Fsp3) is 1.00.